The molecular weight excluding hydrogens is 180 g/mol. The first-order chi connectivity index (χ1) is 6.06. The first-order valence-corrected chi connectivity index (χ1v) is 4.84. The van der Waals surface area contributed by atoms with E-state index in [0.29, 0.717) is 0 Å². The Morgan fingerprint density at radius 3 is 2.00 bits per heavy atom. The van der Waals surface area contributed by atoms with Crippen molar-refractivity contribution in [1.29, 1.82) is 0 Å². The van der Waals surface area contributed by atoms with Crippen molar-refractivity contribution < 1.29 is 0 Å². The van der Waals surface area contributed by atoms with Gasteiger partial charge in [-0.05, 0) is 44.4 Å². The summed E-state index contributed by atoms with van der Waals surface area (Å²) >= 11 is 6.11. The molecular formula is C12H15Cl. The van der Waals surface area contributed by atoms with Crippen LogP contribution in [0.4, 0.5) is 0 Å². The molecule has 1 rings (SSSR count). The topological polar surface area (TPSA) is 0 Å². The molecule has 0 aliphatic heterocycles. The highest BCUT2D eigenvalue weighted by atomic mass is 35.5. The summed E-state index contributed by atoms with van der Waals surface area (Å²) < 4.78 is 0. The van der Waals surface area contributed by atoms with Crippen LogP contribution in [0.5, 0.6) is 0 Å². The van der Waals surface area contributed by atoms with Crippen LogP contribution < -0.4 is 0 Å². The standard InChI is InChI=1S/C12H15Cl/c1-5-11(13)12-9(3)6-8(2)7-10(12)4/h5-7H,1-4H3. The third-order valence-electron chi connectivity index (χ3n) is 2.17. The number of aryl methyl sites for hydroxylation is 3. The molecule has 0 bridgehead atoms. The van der Waals surface area contributed by atoms with E-state index in [1.54, 1.807) is 0 Å². The zero-order valence-corrected chi connectivity index (χ0v) is 9.37. The van der Waals surface area contributed by atoms with Gasteiger partial charge < -0.3 is 0 Å². The van der Waals surface area contributed by atoms with Crippen molar-refractivity contribution in [3.05, 3.63) is 40.5 Å². The Kier molecular flexibility index (Phi) is 3.16. The fourth-order valence-corrected chi connectivity index (χ4v) is 2.00. The normalized spacial score (nSPS) is 11.9. The van der Waals surface area contributed by atoms with Gasteiger partial charge in [0.25, 0.3) is 0 Å². The Hall–Kier alpha value is -0.750. The van der Waals surface area contributed by atoms with E-state index in [1.807, 2.05) is 13.0 Å². The molecule has 0 radical (unpaired) electrons. The highest BCUT2D eigenvalue weighted by Gasteiger charge is 2.05. The number of halogens is 1. The number of rotatable bonds is 1. The van der Waals surface area contributed by atoms with Crippen LogP contribution in [0, 0.1) is 20.8 Å². The second kappa shape index (κ2) is 3.97. The second-order valence-electron chi connectivity index (χ2n) is 3.41. The zero-order valence-electron chi connectivity index (χ0n) is 8.61. The monoisotopic (exact) mass is 194 g/mol. The molecule has 13 heavy (non-hydrogen) atoms. The fourth-order valence-electron chi connectivity index (χ4n) is 1.70. The van der Waals surface area contributed by atoms with Gasteiger partial charge in [0, 0.05) is 5.03 Å². The maximum absolute atomic E-state index is 6.11. The van der Waals surface area contributed by atoms with Gasteiger partial charge in [0.2, 0.25) is 0 Å². The van der Waals surface area contributed by atoms with Crippen molar-refractivity contribution in [1.82, 2.24) is 0 Å². The number of hydrogen-bond acceptors (Lipinski definition) is 0. The van der Waals surface area contributed by atoms with Gasteiger partial charge in [-0.2, -0.15) is 0 Å². The first-order valence-electron chi connectivity index (χ1n) is 4.46. The summed E-state index contributed by atoms with van der Waals surface area (Å²) in [6.07, 6.45) is 1.94. The Labute approximate surface area is 85.2 Å². The van der Waals surface area contributed by atoms with Gasteiger partial charge >= 0.3 is 0 Å². The molecule has 0 nitrogen and oxygen atoms in total. The van der Waals surface area contributed by atoms with E-state index in [2.05, 4.69) is 32.9 Å². The van der Waals surface area contributed by atoms with Crippen LogP contribution in [0.3, 0.4) is 0 Å². The smallest absolute Gasteiger partial charge is 0.0441 e. The molecule has 0 fully saturated rings. The Bertz CT molecular complexity index is 325. The third-order valence-corrected chi connectivity index (χ3v) is 2.58. The summed E-state index contributed by atoms with van der Waals surface area (Å²) in [5.74, 6) is 0. The van der Waals surface area contributed by atoms with E-state index in [4.69, 9.17) is 11.6 Å². The van der Waals surface area contributed by atoms with Crippen molar-refractivity contribution in [2.75, 3.05) is 0 Å². The summed E-state index contributed by atoms with van der Waals surface area (Å²) in [4.78, 5) is 0. The lowest BCUT2D eigenvalue weighted by Gasteiger charge is -2.09. The van der Waals surface area contributed by atoms with Gasteiger partial charge in [0.05, 0.1) is 0 Å². The largest absolute Gasteiger partial charge is 0.0840 e. The average Bonchev–Trinajstić information content (AvgIpc) is 2.02. The summed E-state index contributed by atoms with van der Waals surface area (Å²) in [7, 11) is 0. The van der Waals surface area contributed by atoms with Crippen LogP contribution in [-0.4, -0.2) is 0 Å². The molecule has 0 spiro atoms. The zero-order chi connectivity index (χ0) is 10.0. The molecule has 0 amide bonds. The maximum Gasteiger partial charge on any atom is 0.0441 e. The molecule has 0 aromatic heterocycles. The van der Waals surface area contributed by atoms with Gasteiger partial charge in [0.1, 0.15) is 0 Å². The van der Waals surface area contributed by atoms with Crippen LogP contribution in [-0.2, 0) is 0 Å². The highest BCUT2D eigenvalue weighted by Crippen LogP contribution is 2.26. The van der Waals surface area contributed by atoms with Crippen LogP contribution in [0.2, 0.25) is 0 Å². The SMILES string of the molecule is CC=C(Cl)c1c(C)cc(C)cc1C. The van der Waals surface area contributed by atoms with Gasteiger partial charge in [-0.25, -0.2) is 0 Å². The summed E-state index contributed by atoms with van der Waals surface area (Å²) in [6.45, 7) is 8.26. The quantitative estimate of drug-likeness (QED) is 0.628. The summed E-state index contributed by atoms with van der Waals surface area (Å²) in [6, 6.07) is 4.32. The number of hydrogen-bond donors (Lipinski definition) is 0. The predicted octanol–water partition coefficient (Wildman–Crippen LogP) is 4.21. The molecule has 0 atom stereocenters. The number of allylic oxidation sites excluding steroid dienone is 1. The van der Waals surface area contributed by atoms with Crippen molar-refractivity contribution in [2.24, 2.45) is 0 Å². The van der Waals surface area contributed by atoms with Gasteiger partial charge in [-0.3, -0.25) is 0 Å². The minimum absolute atomic E-state index is 0.843. The van der Waals surface area contributed by atoms with E-state index in [9.17, 15) is 0 Å². The maximum atomic E-state index is 6.11. The van der Waals surface area contributed by atoms with Gasteiger partial charge in [0.15, 0.2) is 0 Å². The molecule has 0 unspecified atom stereocenters. The summed E-state index contributed by atoms with van der Waals surface area (Å²) in [5, 5.41) is 0.843. The molecule has 0 aliphatic carbocycles. The lowest BCUT2D eigenvalue weighted by atomic mass is 9.99. The molecule has 1 heteroatoms. The van der Waals surface area contributed by atoms with E-state index in [0.717, 1.165) is 5.03 Å². The molecule has 1 aromatic carbocycles. The Balaban J connectivity index is 3.37. The average molecular weight is 195 g/mol. The molecule has 1 aromatic rings. The summed E-state index contributed by atoms with van der Waals surface area (Å²) in [5.41, 5.74) is 4.97. The fraction of sp³-hybridized carbons (Fsp3) is 0.333. The molecule has 0 aliphatic rings. The minimum Gasteiger partial charge on any atom is -0.0840 e. The molecule has 0 saturated carbocycles. The van der Waals surface area contributed by atoms with E-state index in [1.165, 1.54) is 22.3 Å². The lowest BCUT2D eigenvalue weighted by molar-refractivity contribution is 1.30. The molecule has 70 valence electrons. The lowest BCUT2D eigenvalue weighted by Crippen LogP contribution is -1.90. The Morgan fingerprint density at radius 1 is 1.15 bits per heavy atom. The van der Waals surface area contributed by atoms with Crippen LogP contribution in [0.1, 0.15) is 29.2 Å². The third kappa shape index (κ3) is 2.13. The highest BCUT2D eigenvalue weighted by molar-refractivity contribution is 6.49. The van der Waals surface area contributed by atoms with Crippen molar-refractivity contribution in [2.45, 2.75) is 27.7 Å². The predicted molar refractivity (Wildman–Crippen MR) is 60.2 cm³/mol. The van der Waals surface area contributed by atoms with Crippen molar-refractivity contribution >= 4 is 16.6 Å². The van der Waals surface area contributed by atoms with E-state index < -0.39 is 0 Å². The van der Waals surface area contributed by atoms with Crippen molar-refractivity contribution in [3.8, 4) is 0 Å². The van der Waals surface area contributed by atoms with E-state index in [-0.39, 0.29) is 0 Å². The van der Waals surface area contributed by atoms with Gasteiger partial charge in [-0.15, -0.1) is 0 Å². The van der Waals surface area contributed by atoms with Gasteiger partial charge in [-0.1, -0.05) is 35.4 Å². The minimum atomic E-state index is 0.843. The van der Waals surface area contributed by atoms with Crippen LogP contribution in [0.25, 0.3) is 5.03 Å². The first kappa shape index (κ1) is 10.3. The number of benzene rings is 1. The van der Waals surface area contributed by atoms with Crippen LogP contribution in [0.15, 0.2) is 18.2 Å². The molecule has 0 saturated heterocycles. The van der Waals surface area contributed by atoms with E-state index >= 15 is 0 Å². The Morgan fingerprint density at radius 2 is 1.62 bits per heavy atom. The van der Waals surface area contributed by atoms with Crippen molar-refractivity contribution in [3.63, 3.8) is 0 Å². The van der Waals surface area contributed by atoms with Crippen LogP contribution >= 0.6 is 11.6 Å². The second-order valence-corrected chi connectivity index (χ2v) is 3.82. The molecule has 0 heterocycles. The molecule has 0 N–H and O–H groups in total.